The Morgan fingerprint density at radius 3 is 2.69 bits per heavy atom. The zero-order valence-electron chi connectivity index (χ0n) is 9.21. The lowest BCUT2D eigenvalue weighted by Crippen LogP contribution is -2.38. The lowest BCUT2D eigenvalue weighted by atomic mass is 9.98. The van der Waals surface area contributed by atoms with Crippen LogP contribution in [0, 0.1) is 5.92 Å². The van der Waals surface area contributed by atoms with Crippen molar-refractivity contribution in [2.24, 2.45) is 5.92 Å². The van der Waals surface area contributed by atoms with E-state index in [1.807, 2.05) is 0 Å². The van der Waals surface area contributed by atoms with Crippen LogP contribution in [0.5, 0.6) is 0 Å². The molecule has 0 aromatic heterocycles. The summed E-state index contributed by atoms with van der Waals surface area (Å²) in [5.41, 5.74) is 1.55. The molecule has 0 aliphatic carbocycles. The van der Waals surface area contributed by atoms with Crippen molar-refractivity contribution in [1.29, 1.82) is 0 Å². The molecule has 1 unspecified atom stereocenters. The predicted octanol–water partition coefficient (Wildman–Crippen LogP) is 1.92. The fourth-order valence-electron chi connectivity index (χ4n) is 1.76. The first-order valence-electron chi connectivity index (χ1n) is 5.06. The van der Waals surface area contributed by atoms with E-state index in [0.717, 1.165) is 19.6 Å². The van der Waals surface area contributed by atoms with E-state index in [-0.39, 0.29) is 0 Å². The van der Waals surface area contributed by atoms with E-state index in [2.05, 4.69) is 38.9 Å². The summed E-state index contributed by atoms with van der Waals surface area (Å²) in [7, 11) is 4.24. The van der Waals surface area contributed by atoms with Gasteiger partial charge in [-0.3, -0.25) is 0 Å². The van der Waals surface area contributed by atoms with E-state index in [4.69, 9.17) is 4.74 Å². The number of rotatable bonds is 2. The van der Waals surface area contributed by atoms with Crippen LogP contribution in [0.25, 0.3) is 0 Å². The maximum absolute atomic E-state index is 5.47. The normalized spacial score (nSPS) is 27.5. The van der Waals surface area contributed by atoms with E-state index < -0.39 is 0 Å². The molecule has 0 N–H and O–H groups in total. The number of allylic oxidation sites excluding steroid dienone is 1. The first kappa shape index (κ1) is 10.7. The Bertz CT molecular complexity index is 185. The van der Waals surface area contributed by atoms with Crippen LogP contribution in [0.1, 0.15) is 20.3 Å². The lowest BCUT2D eigenvalue weighted by Gasteiger charge is -2.31. The minimum atomic E-state index is 0.496. The Morgan fingerprint density at radius 2 is 2.15 bits per heavy atom. The molecule has 1 aliphatic heterocycles. The van der Waals surface area contributed by atoms with Gasteiger partial charge in [-0.25, -0.2) is 0 Å². The predicted molar refractivity (Wildman–Crippen MR) is 55.8 cm³/mol. The third kappa shape index (κ3) is 3.12. The summed E-state index contributed by atoms with van der Waals surface area (Å²) in [5, 5.41) is 0. The summed E-state index contributed by atoms with van der Waals surface area (Å²) in [6.45, 7) is 6.21. The van der Waals surface area contributed by atoms with Gasteiger partial charge in [0.25, 0.3) is 0 Å². The van der Waals surface area contributed by atoms with Gasteiger partial charge >= 0.3 is 0 Å². The van der Waals surface area contributed by atoms with Crippen LogP contribution in [-0.2, 0) is 4.74 Å². The highest BCUT2D eigenvalue weighted by Crippen LogP contribution is 2.19. The zero-order valence-corrected chi connectivity index (χ0v) is 9.21. The molecular formula is C11H21NO. The first-order valence-corrected chi connectivity index (χ1v) is 5.06. The minimum Gasteiger partial charge on any atom is -0.379 e. The number of ether oxygens (including phenoxy) is 1. The van der Waals surface area contributed by atoms with Gasteiger partial charge in [0.2, 0.25) is 0 Å². The van der Waals surface area contributed by atoms with Crippen molar-refractivity contribution < 1.29 is 4.74 Å². The molecule has 0 spiro atoms. The van der Waals surface area contributed by atoms with Gasteiger partial charge < -0.3 is 9.64 Å². The largest absolute Gasteiger partial charge is 0.379 e. The maximum atomic E-state index is 5.47. The Morgan fingerprint density at radius 1 is 1.46 bits per heavy atom. The van der Waals surface area contributed by atoms with Crippen molar-refractivity contribution in [1.82, 2.24) is 4.90 Å². The molecule has 0 aromatic rings. The second-order valence-corrected chi connectivity index (χ2v) is 4.29. The van der Waals surface area contributed by atoms with Gasteiger partial charge in [-0.2, -0.15) is 0 Å². The van der Waals surface area contributed by atoms with E-state index in [0.29, 0.717) is 12.0 Å². The summed E-state index contributed by atoms with van der Waals surface area (Å²) in [6.07, 6.45) is 3.48. The lowest BCUT2D eigenvalue weighted by molar-refractivity contribution is 0.0657. The average molecular weight is 183 g/mol. The van der Waals surface area contributed by atoms with Crippen LogP contribution in [0.4, 0.5) is 0 Å². The molecule has 2 nitrogen and oxygen atoms in total. The summed E-state index contributed by atoms with van der Waals surface area (Å²) >= 11 is 0. The topological polar surface area (TPSA) is 12.5 Å². The summed E-state index contributed by atoms with van der Waals surface area (Å²) in [4.78, 5) is 2.24. The van der Waals surface area contributed by atoms with Gasteiger partial charge in [0.1, 0.15) is 0 Å². The molecule has 1 saturated heterocycles. The number of hydrogen-bond donors (Lipinski definition) is 0. The van der Waals surface area contributed by atoms with Gasteiger partial charge in [-0.05, 0) is 26.4 Å². The second-order valence-electron chi connectivity index (χ2n) is 4.29. The summed E-state index contributed by atoms with van der Waals surface area (Å²) in [6, 6.07) is 0.496. The van der Waals surface area contributed by atoms with Crippen molar-refractivity contribution in [3.05, 3.63) is 11.6 Å². The SMILES string of the molecule is CC(C)/C=C1\CCOCC1N(C)C. The van der Waals surface area contributed by atoms with E-state index >= 15 is 0 Å². The highest BCUT2D eigenvalue weighted by molar-refractivity contribution is 5.13. The molecule has 0 saturated carbocycles. The van der Waals surface area contributed by atoms with E-state index in [1.165, 1.54) is 0 Å². The molecule has 13 heavy (non-hydrogen) atoms. The molecule has 2 heteroatoms. The second kappa shape index (κ2) is 4.77. The van der Waals surface area contributed by atoms with Crippen LogP contribution < -0.4 is 0 Å². The van der Waals surface area contributed by atoms with Crippen molar-refractivity contribution in [2.75, 3.05) is 27.3 Å². The number of likely N-dealkylation sites (N-methyl/N-ethyl adjacent to an activating group) is 1. The van der Waals surface area contributed by atoms with Crippen LogP contribution in [-0.4, -0.2) is 38.3 Å². The zero-order chi connectivity index (χ0) is 9.84. The molecular weight excluding hydrogens is 162 g/mol. The molecule has 1 aliphatic rings. The highest BCUT2D eigenvalue weighted by atomic mass is 16.5. The Hall–Kier alpha value is -0.340. The van der Waals surface area contributed by atoms with Gasteiger partial charge in [-0.15, -0.1) is 0 Å². The third-order valence-electron chi connectivity index (χ3n) is 2.41. The van der Waals surface area contributed by atoms with Crippen LogP contribution >= 0.6 is 0 Å². The molecule has 0 aromatic carbocycles. The first-order chi connectivity index (χ1) is 6.11. The molecule has 0 amide bonds. The third-order valence-corrected chi connectivity index (χ3v) is 2.41. The molecule has 0 radical (unpaired) electrons. The van der Waals surface area contributed by atoms with Gasteiger partial charge in [0, 0.05) is 0 Å². The molecule has 0 bridgehead atoms. The number of hydrogen-bond acceptors (Lipinski definition) is 2. The fourth-order valence-corrected chi connectivity index (χ4v) is 1.76. The van der Waals surface area contributed by atoms with Crippen LogP contribution in [0.15, 0.2) is 11.6 Å². The maximum Gasteiger partial charge on any atom is 0.0660 e. The monoisotopic (exact) mass is 183 g/mol. The molecule has 1 heterocycles. The van der Waals surface area contributed by atoms with E-state index in [1.54, 1.807) is 5.57 Å². The quantitative estimate of drug-likeness (QED) is 0.606. The van der Waals surface area contributed by atoms with Crippen LogP contribution in [0.3, 0.4) is 0 Å². The van der Waals surface area contributed by atoms with Gasteiger partial charge in [0.15, 0.2) is 0 Å². The van der Waals surface area contributed by atoms with Crippen molar-refractivity contribution in [3.63, 3.8) is 0 Å². The Balaban J connectivity index is 2.67. The standard InChI is InChI=1S/C11H21NO/c1-9(2)7-10-5-6-13-8-11(10)12(3)4/h7,9,11H,5-6,8H2,1-4H3/b10-7+. The van der Waals surface area contributed by atoms with Crippen LogP contribution in [0.2, 0.25) is 0 Å². The molecule has 76 valence electrons. The van der Waals surface area contributed by atoms with Crippen molar-refractivity contribution in [3.8, 4) is 0 Å². The summed E-state index contributed by atoms with van der Waals surface area (Å²) in [5.74, 6) is 0.649. The highest BCUT2D eigenvalue weighted by Gasteiger charge is 2.20. The van der Waals surface area contributed by atoms with Gasteiger partial charge in [-0.1, -0.05) is 25.5 Å². The molecule has 1 fully saturated rings. The van der Waals surface area contributed by atoms with Crippen molar-refractivity contribution >= 4 is 0 Å². The van der Waals surface area contributed by atoms with Gasteiger partial charge in [0.05, 0.1) is 19.3 Å². The van der Waals surface area contributed by atoms with E-state index in [9.17, 15) is 0 Å². The molecule has 1 atom stereocenters. The fraction of sp³-hybridized carbons (Fsp3) is 0.818. The smallest absolute Gasteiger partial charge is 0.0660 e. The Kier molecular flexibility index (Phi) is 3.94. The van der Waals surface area contributed by atoms with Crippen molar-refractivity contribution in [2.45, 2.75) is 26.3 Å². The Labute approximate surface area is 81.6 Å². The summed E-state index contributed by atoms with van der Waals surface area (Å²) < 4.78 is 5.47. The molecule has 1 rings (SSSR count). The number of nitrogens with zero attached hydrogens (tertiary/aromatic N) is 1. The average Bonchev–Trinajstić information content (AvgIpc) is 2.03. The minimum absolute atomic E-state index is 0.496.